The van der Waals surface area contributed by atoms with E-state index in [-0.39, 0.29) is 5.75 Å². The first-order valence-corrected chi connectivity index (χ1v) is 11.5. The van der Waals surface area contributed by atoms with Crippen LogP contribution in [0.1, 0.15) is 12.0 Å². The zero-order chi connectivity index (χ0) is 23.5. The smallest absolute Gasteiger partial charge is 0.212 e. The molecule has 0 aromatic carbocycles. The molecule has 176 valence electrons. The van der Waals surface area contributed by atoms with Gasteiger partial charge in [0.15, 0.2) is 5.65 Å². The number of nitrogens with zero attached hydrogens (tertiary/aromatic N) is 8. The summed E-state index contributed by atoms with van der Waals surface area (Å²) in [4.78, 5) is 18.6. The number of anilines is 1. The second kappa shape index (κ2) is 7.64. The monoisotopic (exact) mass is 469 g/mol. The number of piperidine rings is 1. The third kappa shape index (κ3) is 3.27. The molecule has 35 heavy (non-hydrogen) atoms. The van der Waals surface area contributed by atoms with Gasteiger partial charge >= 0.3 is 0 Å². The van der Waals surface area contributed by atoms with E-state index < -0.39 is 0 Å². The van der Waals surface area contributed by atoms with Crippen LogP contribution in [-0.4, -0.2) is 77.1 Å². The molecule has 11 heteroatoms. The second-order valence-electron chi connectivity index (χ2n) is 9.13. The van der Waals surface area contributed by atoms with Crippen LogP contribution in [0.4, 0.5) is 5.82 Å². The van der Waals surface area contributed by atoms with Gasteiger partial charge in [0.1, 0.15) is 11.6 Å². The third-order valence-corrected chi connectivity index (χ3v) is 7.07. The number of nitrogens with one attached hydrogen (secondary N) is 1. The van der Waals surface area contributed by atoms with Crippen LogP contribution in [-0.2, 0) is 6.54 Å². The van der Waals surface area contributed by atoms with Gasteiger partial charge in [0, 0.05) is 49.5 Å². The highest BCUT2D eigenvalue weighted by Crippen LogP contribution is 2.36. The molecule has 0 radical (unpaired) electrons. The highest BCUT2D eigenvalue weighted by atomic mass is 16.5. The Hall–Kier alpha value is -4.25. The number of aromatic hydroxyl groups is 1. The molecule has 2 N–H and O–H groups in total. The Morgan fingerprint density at radius 2 is 1.97 bits per heavy atom. The van der Waals surface area contributed by atoms with E-state index in [1.54, 1.807) is 36.3 Å². The van der Waals surface area contributed by atoms with Gasteiger partial charge in [-0.05, 0) is 18.1 Å². The fourth-order valence-corrected chi connectivity index (χ4v) is 5.34. The molecule has 8 heterocycles. The summed E-state index contributed by atoms with van der Waals surface area (Å²) in [7, 11) is 1.63. The van der Waals surface area contributed by atoms with Crippen LogP contribution in [0.15, 0.2) is 49.2 Å². The average molecular weight is 470 g/mol. The topological polar surface area (TPSA) is 121 Å². The van der Waals surface area contributed by atoms with E-state index >= 15 is 0 Å². The van der Waals surface area contributed by atoms with E-state index in [2.05, 4.69) is 36.1 Å². The minimum atomic E-state index is 0.111. The summed E-state index contributed by atoms with van der Waals surface area (Å²) in [6.07, 6.45) is 9.99. The number of piperazine rings is 1. The van der Waals surface area contributed by atoms with Crippen LogP contribution in [0.2, 0.25) is 0 Å². The van der Waals surface area contributed by atoms with Crippen molar-refractivity contribution in [3.63, 3.8) is 0 Å². The fraction of sp³-hybridized carbons (Fsp3) is 0.292. The van der Waals surface area contributed by atoms with Gasteiger partial charge in [-0.1, -0.05) is 6.07 Å². The zero-order valence-corrected chi connectivity index (χ0v) is 19.0. The number of aromatic nitrogens is 7. The second-order valence-corrected chi connectivity index (χ2v) is 9.13. The quantitative estimate of drug-likeness (QED) is 0.399. The summed E-state index contributed by atoms with van der Waals surface area (Å²) in [5.41, 5.74) is 4.12. The maximum atomic E-state index is 10.2. The molecule has 11 nitrogen and oxygen atoms in total. The molecule has 2 atom stereocenters. The number of aromatic amines is 1. The molecule has 2 bridgehead atoms. The van der Waals surface area contributed by atoms with Gasteiger partial charge in [0.25, 0.3) is 0 Å². The number of H-pyrrole nitrogens is 1. The molecule has 0 saturated carbocycles. The van der Waals surface area contributed by atoms with Crippen molar-refractivity contribution in [2.24, 2.45) is 0 Å². The molecule has 5 aromatic heterocycles. The molecule has 5 aromatic rings. The largest absolute Gasteiger partial charge is 0.506 e. The minimum Gasteiger partial charge on any atom is -0.506 e. The Bertz CT molecular complexity index is 1510. The Kier molecular flexibility index (Phi) is 4.40. The normalized spacial score (nSPS) is 19.9. The first-order valence-electron chi connectivity index (χ1n) is 11.5. The lowest BCUT2D eigenvalue weighted by Gasteiger charge is -2.56. The van der Waals surface area contributed by atoms with Crippen molar-refractivity contribution < 1.29 is 9.84 Å². The lowest BCUT2D eigenvalue weighted by molar-refractivity contribution is -0.00879. The first kappa shape index (κ1) is 20.2. The lowest BCUT2D eigenvalue weighted by atomic mass is 9.87. The fourth-order valence-electron chi connectivity index (χ4n) is 5.34. The SMILES string of the molecule is COc1ccc(CN2C3CC2CN(c2cnc(-c4cc(O)cn5nc6[nH]ncc6c45)cn2)C3)cn1. The molecular weight excluding hydrogens is 446 g/mol. The van der Waals surface area contributed by atoms with E-state index in [4.69, 9.17) is 14.7 Å². The Morgan fingerprint density at radius 3 is 2.71 bits per heavy atom. The summed E-state index contributed by atoms with van der Waals surface area (Å²) < 4.78 is 6.81. The standard InChI is InChI=1S/C24H23N9O2/c1-35-22-3-2-14(6-27-22)10-32-15-4-16(32)12-31(11-15)21-9-25-20(8-26-21)18-5-17(34)13-33-23(18)19-7-28-29-24(19)30-33/h2-3,5-9,13,15-16,34H,4,10-12H2,1H3,(H,29,30). The van der Waals surface area contributed by atoms with Crippen molar-refractivity contribution in [1.82, 2.24) is 39.7 Å². The van der Waals surface area contributed by atoms with Gasteiger partial charge in [0.2, 0.25) is 5.88 Å². The van der Waals surface area contributed by atoms with Crippen molar-refractivity contribution in [2.75, 3.05) is 25.1 Å². The first-order chi connectivity index (χ1) is 17.2. The zero-order valence-electron chi connectivity index (χ0n) is 19.0. The highest BCUT2D eigenvalue weighted by molar-refractivity contribution is 6.00. The number of methoxy groups -OCH3 is 1. The van der Waals surface area contributed by atoms with Crippen LogP contribution in [0.3, 0.4) is 0 Å². The van der Waals surface area contributed by atoms with Crippen molar-refractivity contribution >= 4 is 22.4 Å². The van der Waals surface area contributed by atoms with Crippen molar-refractivity contribution in [2.45, 2.75) is 25.0 Å². The summed E-state index contributed by atoms with van der Waals surface area (Å²) in [6.45, 7) is 2.73. The molecule has 0 aliphatic carbocycles. The molecule has 3 aliphatic rings. The third-order valence-electron chi connectivity index (χ3n) is 7.07. The van der Waals surface area contributed by atoms with Crippen molar-refractivity contribution in [3.05, 3.63) is 54.7 Å². The maximum absolute atomic E-state index is 10.2. The molecule has 0 spiro atoms. The van der Waals surface area contributed by atoms with Gasteiger partial charge in [-0.15, -0.1) is 5.10 Å². The van der Waals surface area contributed by atoms with Gasteiger partial charge in [-0.3, -0.25) is 15.0 Å². The molecule has 2 unspecified atom stereocenters. The maximum Gasteiger partial charge on any atom is 0.212 e. The van der Waals surface area contributed by atoms with Crippen LogP contribution in [0.25, 0.3) is 27.8 Å². The van der Waals surface area contributed by atoms with E-state index in [1.165, 1.54) is 12.0 Å². The van der Waals surface area contributed by atoms with Crippen LogP contribution >= 0.6 is 0 Å². The van der Waals surface area contributed by atoms with Gasteiger partial charge in [0.05, 0.1) is 48.5 Å². The van der Waals surface area contributed by atoms with Crippen LogP contribution < -0.4 is 9.64 Å². The molecule has 0 amide bonds. The Morgan fingerprint density at radius 1 is 1.09 bits per heavy atom. The Labute approximate surface area is 200 Å². The number of ether oxygens (including phenoxy) is 1. The lowest BCUT2D eigenvalue weighted by Crippen LogP contribution is -2.68. The van der Waals surface area contributed by atoms with E-state index in [0.29, 0.717) is 29.3 Å². The van der Waals surface area contributed by atoms with Crippen LogP contribution in [0, 0.1) is 0 Å². The molecule has 8 rings (SSSR count). The summed E-state index contributed by atoms with van der Waals surface area (Å²) >= 11 is 0. The molecular formula is C24H23N9O2. The minimum absolute atomic E-state index is 0.111. The van der Waals surface area contributed by atoms with Gasteiger partial charge in [-0.25, -0.2) is 14.5 Å². The predicted molar refractivity (Wildman–Crippen MR) is 128 cm³/mol. The molecule has 3 saturated heterocycles. The number of hydrogen-bond donors (Lipinski definition) is 2. The summed E-state index contributed by atoms with van der Waals surface area (Å²) in [5, 5.41) is 22.5. The number of hydrogen-bond acceptors (Lipinski definition) is 9. The van der Waals surface area contributed by atoms with E-state index in [9.17, 15) is 5.11 Å². The number of pyridine rings is 2. The summed E-state index contributed by atoms with van der Waals surface area (Å²) in [5.74, 6) is 1.62. The van der Waals surface area contributed by atoms with Gasteiger partial charge < -0.3 is 14.7 Å². The van der Waals surface area contributed by atoms with E-state index in [1.807, 2.05) is 18.5 Å². The van der Waals surface area contributed by atoms with Crippen LogP contribution in [0.5, 0.6) is 11.6 Å². The van der Waals surface area contributed by atoms with E-state index in [0.717, 1.165) is 41.9 Å². The molecule has 3 aliphatic heterocycles. The molecule has 3 fully saturated rings. The average Bonchev–Trinajstić information content (AvgIpc) is 3.48. The van der Waals surface area contributed by atoms with Crippen molar-refractivity contribution in [1.29, 1.82) is 0 Å². The highest BCUT2D eigenvalue weighted by Gasteiger charge is 2.44. The number of rotatable bonds is 5. The predicted octanol–water partition coefficient (Wildman–Crippen LogP) is 2.24. The summed E-state index contributed by atoms with van der Waals surface area (Å²) in [6, 6.07) is 6.66. The Balaban J connectivity index is 1.10. The number of fused-ring (bicyclic) bond motifs is 5. The van der Waals surface area contributed by atoms with Crippen molar-refractivity contribution in [3.8, 4) is 22.9 Å². The van der Waals surface area contributed by atoms with Gasteiger partial charge in [-0.2, -0.15) is 5.10 Å².